The minimum Gasteiger partial charge on any atom is -0.394 e. The Morgan fingerprint density at radius 3 is 2.47 bits per heavy atom. The molecule has 1 saturated carbocycles. The molecule has 0 aliphatic heterocycles. The molecule has 1 aromatic carbocycles. The normalized spacial score (nSPS) is 17.9. The summed E-state index contributed by atoms with van der Waals surface area (Å²) in [6.07, 6.45) is 1.99. The van der Waals surface area contributed by atoms with Crippen molar-refractivity contribution in [2.75, 3.05) is 12.4 Å². The van der Waals surface area contributed by atoms with Crippen LogP contribution in [0.2, 0.25) is 0 Å². The van der Waals surface area contributed by atoms with E-state index < -0.39 is 16.1 Å². The van der Waals surface area contributed by atoms with Crippen molar-refractivity contribution in [2.24, 2.45) is 5.92 Å². The molecule has 0 bridgehead atoms. The quantitative estimate of drug-likeness (QED) is 0.798. The van der Waals surface area contributed by atoms with Crippen molar-refractivity contribution in [3.63, 3.8) is 0 Å². The highest BCUT2D eigenvalue weighted by molar-refractivity contribution is 7.89. The molecule has 1 aliphatic rings. The standard InChI is InChI=1S/C12H17NO3S/c14-8-12(11-4-2-1-3-5-11)13-17(15,16)9-10-6-7-10/h1-5,10,12-14H,6-9H2/t12-/m0/s1. The lowest BCUT2D eigenvalue weighted by Crippen LogP contribution is -2.33. The molecule has 0 radical (unpaired) electrons. The topological polar surface area (TPSA) is 66.4 Å². The van der Waals surface area contributed by atoms with E-state index in [1.54, 1.807) is 12.1 Å². The summed E-state index contributed by atoms with van der Waals surface area (Å²) in [5.74, 6) is 0.485. The molecule has 1 atom stereocenters. The maximum atomic E-state index is 11.8. The fourth-order valence-electron chi connectivity index (χ4n) is 1.76. The summed E-state index contributed by atoms with van der Waals surface area (Å²) in [6.45, 7) is -0.228. The van der Waals surface area contributed by atoms with Crippen LogP contribution in [0.25, 0.3) is 0 Å². The Morgan fingerprint density at radius 2 is 1.94 bits per heavy atom. The van der Waals surface area contributed by atoms with Gasteiger partial charge in [0, 0.05) is 0 Å². The van der Waals surface area contributed by atoms with E-state index in [0.29, 0.717) is 5.92 Å². The van der Waals surface area contributed by atoms with E-state index in [9.17, 15) is 13.5 Å². The van der Waals surface area contributed by atoms with Gasteiger partial charge in [-0.3, -0.25) is 0 Å². The van der Waals surface area contributed by atoms with Gasteiger partial charge in [0.1, 0.15) is 0 Å². The van der Waals surface area contributed by atoms with Gasteiger partial charge >= 0.3 is 0 Å². The maximum Gasteiger partial charge on any atom is 0.212 e. The molecule has 0 amide bonds. The molecule has 5 heteroatoms. The van der Waals surface area contributed by atoms with E-state index in [1.807, 2.05) is 18.2 Å². The maximum absolute atomic E-state index is 11.8. The van der Waals surface area contributed by atoms with Crippen LogP contribution in [0.1, 0.15) is 24.4 Å². The van der Waals surface area contributed by atoms with E-state index in [1.165, 1.54) is 0 Å². The van der Waals surface area contributed by atoms with Gasteiger partial charge < -0.3 is 5.11 Å². The zero-order valence-corrected chi connectivity index (χ0v) is 10.4. The van der Waals surface area contributed by atoms with Crippen molar-refractivity contribution >= 4 is 10.0 Å². The molecule has 2 rings (SSSR count). The van der Waals surface area contributed by atoms with Crippen molar-refractivity contribution < 1.29 is 13.5 Å². The summed E-state index contributed by atoms with van der Waals surface area (Å²) in [5, 5.41) is 9.27. The van der Waals surface area contributed by atoms with Gasteiger partial charge in [-0.25, -0.2) is 13.1 Å². The van der Waals surface area contributed by atoms with E-state index in [0.717, 1.165) is 18.4 Å². The third-order valence-electron chi connectivity index (χ3n) is 2.86. The molecule has 0 unspecified atom stereocenters. The number of hydrogen-bond donors (Lipinski definition) is 2. The minimum atomic E-state index is -3.29. The van der Waals surface area contributed by atoms with E-state index in [4.69, 9.17) is 0 Å². The number of nitrogens with one attached hydrogen (secondary N) is 1. The third kappa shape index (κ3) is 3.80. The highest BCUT2D eigenvalue weighted by Gasteiger charge is 2.29. The molecule has 17 heavy (non-hydrogen) atoms. The predicted molar refractivity (Wildman–Crippen MR) is 65.9 cm³/mol. The van der Waals surface area contributed by atoms with Crippen LogP contribution in [0.4, 0.5) is 0 Å². The lowest BCUT2D eigenvalue weighted by Gasteiger charge is -2.16. The molecular weight excluding hydrogens is 238 g/mol. The van der Waals surface area contributed by atoms with E-state index in [-0.39, 0.29) is 12.4 Å². The summed E-state index contributed by atoms with van der Waals surface area (Å²) in [5.41, 5.74) is 0.786. The van der Waals surface area contributed by atoms with Crippen LogP contribution < -0.4 is 4.72 Å². The molecule has 1 aliphatic carbocycles. The second-order valence-corrected chi connectivity index (χ2v) is 6.29. The Hall–Kier alpha value is -0.910. The predicted octanol–water partition coefficient (Wildman–Crippen LogP) is 1.05. The summed E-state index contributed by atoms with van der Waals surface area (Å²) in [7, 11) is -3.29. The van der Waals surface area contributed by atoms with Crippen LogP contribution >= 0.6 is 0 Å². The molecule has 0 saturated heterocycles. The third-order valence-corrected chi connectivity index (χ3v) is 4.41. The first-order valence-corrected chi connectivity index (χ1v) is 7.42. The molecule has 1 aromatic rings. The van der Waals surface area contributed by atoms with Crippen molar-refractivity contribution in [3.8, 4) is 0 Å². The van der Waals surface area contributed by atoms with E-state index in [2.05, 4.69) is 4.72 Å². The van der Waals surface area contributed by atoms with Crippen LogP contribution in [0.5, 0.6) is 0 Å². The lowest BCUT2D eigenvalue weighted by molar-refractivity contribution is 0.259. The molecular formula is C12H17NO3S. The van der Waals surface area contributed by atoms with Crippen molar-refractivity contribution in [1.82, 2.24) is 4.72 Å². The van der Waals surface area contributed by atoms with Crippen LogP contribution in [0.3, 0.4) is 0 Å². The average molecular weight is 255 g/mol. The number of sulfonamides is 1. The first-order chi connectivity index (χ1) is 8.11. The highest BCUT2D eigenvalue weighted by Crippen LogP contribution is 2.30. The first kappa shape index (κ1) is 12.5. The fourth-order valence-corrected chi connectivity index (χ4v) is 3.45. The summed E-state index contributed by atoms with van der Waals surface area (Å²) >= 11 is 0. The minimum absolute atomic E-state index is 0.177. The Labute approximate surface area is 102 Å². The first-order valence-electron chi connectivity index (χ1n) is 5.76. The molecule has 1 fully saturated rings. The lowest BCUT2D eigenvalue weighted by atomic mass is 10.1. The second-order valence-electron chi connectivity index (χ2n) is 4.49. The smallest absolute Gasteiger partial charge is 0.212 e. The number of rotatable bonds is 6. The van der Waals surface area contributed by atoms with Crippen molar-refractivity contribution in [3.05, 3.63) is 35.9 Å². The van der Waals surface area contributed by atoms with Gasteiger partial charge in [0.2, 0.25) is 10.0 Å². The molecule has 0 heterocycles. The van der Waals surface area contributed by atoms with Crippen LogP contribution in [-0.4, -0.2) is 25.9 Å². The van der Waals surface area contributed by atoms with E-state index >= 15 is 0 Å². The zero-order valence-electron chi connectivity index (χ0n) is 9.54. The summed E-state index contributed by atoms with van der Waals surface area (Å²) < 4.78 is 26.2. The van der Waals surface area contributed by atoms with Crippen molar-refractivity contribution in [1.29, 1.82) is 0 Å². The highest BCUT2D eigenvalue weighted by atomic mass is 32.2. The zero-order chi connectivity index (χ0) is 12.3. The van der Waals surface area contributed by atoms with Gasteiger partial charge in [-0.1, -0.05) is 30.3 Å². The Balaban J connectivity index is 2.04. The van der Waals surface area contributed by atoms with Gasteiger partial charge in [0.25, 0.3) is 0 Å². The molecule has 2 N–H and O–H groups in total. The Morgan fingerprint density at radius 1 is 1.29 bits per heavy atom. The average Bonchev–Trinajstić information content (AvgIpc) is 3.10. The molecule has 0 aromatic heterocycles. The monoisotopic (exact) mass is 255 g/mol. The van der Waals surface area contributed by atoms with Gasteiger partial charge in [-0.2, -0.15) is 0 Å². The number of aliphatic hydroxyl groups excluding tert-OH is 1. The Bertz CT molecular complexity index is 454. The second kappa shape index (κ2) is 5.16. The van der Waals surface area contributed by atoms with Gasteiger partial charge in [-0.15, -0.1) is 0 Å². The largest absolute Gasteiger partial charge is 0.394 e. The van der Waals surface area contributed by atoms with Crippen molar-refractivity contribution in [2.45, 2.75) is 18.9 Å². The molecule has 94 valence electrons. The SMILES string of the molecule is O=S(=O)(CC1CC1)N[C@@H](CO)c1ccccc1. The molecule has 0 spiro atoms. The van der Waals surface area contributed by atoms with Crippen LogP contribution in [-0.2, 0) is 10.0 Å². The van der Waals surface area contributed by atoms with Gasteiger partial charge in [-0.05, 0) is 24.3 Å². The van der Waals surface area contributed by atoms with Crippen LogP contribution in [0, 0.1) is 5.92 Å². The summed E-state index contributed by atoms with van der Waals surface area (Å²) in [4.78, 5) is 0. The van der Waals surface area contributed by atoms with Crippen LogP contribution in [0.15, 0.2) is 30.3 Å². The summed E-state index contributed by atoms with van der Waals surface area (Å²) in [6, 6.07) is 8.58. The van der Waals surface area contributed by atoms with Gasteiger partial charge in [0.05, 0.1) is 18.4 Å². The number of hydrogen-bond acceptors (Lipinski definition) is 3. The fraction of sp³-hybridized carbons (Fsp3) is 0.500. The Kier molecular flexibility index (Phi) is 3.81. The number of benzene rings is 1. The molecule has 4 nitrogen and oxygen atoms in total. The number of aliphatic hydroxyl groups is 1. The van der Waals surface area contributed by atoms with Gasteiger partial charge in [0.15, 0.2) is 0 Å².